The zero-order valence-corrected chi connectivity index (χ0v) is 7.06. The van der Waals surface area contributed by atoms with Gasteiger partial charge in [0.05, 0.1) is 6.61 Å². The van der Waals surface area contributed by atoms with Crippen LogP contribution in [0.4, 0.5) is 0 Å². The summed E-state index contributed by atoms with van der Waals surface area (Å²) in [4.78, 5) is 8.56. The van der Waals surface area contributed by atoms with Crippen LogP contribution in [-0.2, 0) is 11.3 Å². The molecular weight excluding hydrogens is 168 g/mol. The number of fused-ring (bicyclic) bond motifs is 1. The van der Waals surface area contributed by atoms with Gasteiger partial charge in [0.2, 0.25) is 0 Å². The molecule has 4 nitrogen and oxygen atoms in total. The first-order chi connectivity index (χ1) is 6.42. The number of benzene rings is 1. The van der Waals surface area contributed by atoms with Gasteiger partial charge in [0.15, 0.2) is 12.0 Å². The minimum absolute atomic E-state index is 0.486. The summed E-state index contributed by atoms with van der Waals surface area (Å²) in [6.45, 7) is 0.486. The summed E-state index contributed by atoms with van der Waals surface area (Å²) in [6, 6.07) is 5.83. The van der Waals surface area contributed by atoms with Crippen LogP contribution in [0, 0.1) is 0 Å². The molecule has 0 saturated carbocycles. The Kier molecular flexibility index (Phi) is 2.25. The molecule has 0 aliphatic carbocycles. The molecule has 0 atom stereocenters. The van der Waals surface area contributed by atoms with Gasteiger partial charge in [-0.25, -0.2) is 10.9 Å². The van der Waals surface area contributed by atoms with Crippen molar-refractivity contribution in [2.45, 2.75) is 6.42 Å². The molecule has 0 radical (unpaired) electrons. The number of aromatic nitrogens is 1. The van der Waals surface area contributed by atoms with E-state index in [1.165, 1.54) is 6.39 Å². The fraction of sp³-hybridized carbons (Fsp3) is 0.222. The van der Waals surface area contributed by atoms with Crippen molar-refractivity contribution in [1.29, 1.82) is 0 Å². The molecule has 0 amide bonds. The van der Waals surface area contributed by atoms with Crippen LogP contribution in [0.3, 0.4) is 0 Å². The van der Waals surface area contributed by atoms with Crippen molar-refractivity contribution >= 4 is 11.1 Å². The molecule has 2 N–H and O–H groups in total. The maximum Gasteiger partial charge on any atom is 0.181 e. The van der Waals surface area contributed by atoms with Gasteiger partial charge in [0, 0.05) is 6.42 Å². The minimum atomic E-state index is 0.486. The fourth-order valence-electron chi connectivity index (χ4n) is 1.31. The van der Waals surface area contributed by atoms with E-state index in [-0.39, 0.29) is 0 Å². The highest BCUT2D eigenvalue weighted by molar-refractivity contribution is 5.75. The van der Waals surface area contributed by atoms with Crippen LogP contribution in [0.1, 0.15) is 5.56 Å². The molecule has 1 heterocycles. The molecule has 0 unspecified atom stereocenters. The molecule has 0 aliphatic heterocycles. The summed E-state index contributed by atoms with van der Waals surface area (Å²) in [5.41, 5.74) is 2.76. The second-order valence-corrected chi connectivity index (χ2v) is 2.74. The molecular formula is C9H10N2O2. The standard InChI is InChI=1S/C9H10N2O2/c10-13-5-4-7-2-1-3-8-9(7)12-6-11-8/h1-3,6H,4-5,10H2. The Labute approximate surface area is 75.3 Å². The van der Waals surface area contributed by atoms with Gasteiger partial charge in [-0.3, -0.25) is 0 Å². The molecule has 68 valence electrons. The second kappa shape index (κ2) is 3.55. The monoisotopic (exact) mass is 178 g/mol. The Morgan fingerprint density at radius 1 is 1.46 bits per heavy atom. The lowest BCUT2D eigenvalue weighted by Gasteiger charge is -1.99. The topological polar surface area (TPSA) is 61.3 Å². The molecule has 1 aromatic heterocycles. The predicted octanol–water partition coefficient (Wildman–Crippen LogP) is 1.26. The van der Waals surface area contributed by atoms with Crippen LogP contribution >= 0.6 is 0 Å². The van der Waals surface area contributed by atoms with E-state index in [4.69, 9.17) is 10.3 Å². The smallest absolute Gasteiger partial charge is 0.181 e. The van der Waals surface area contributed by atoms with Crippen molar-refractivity contribution in [3.63, 3.8) is 0 Å². The van der Waals surface area contributed by atoms with Gasteiger partial charge in [-0.15, -0.1) is 0 Å². The van der Waals surface area contributed by atoms with Gasteiger partial charge in [-0.1, -0.05) is 12.1 Å². The van der Waals surface area contributed by atoms with Crippen molar-refractivity contribution in [3.05, 3.63) is 30.2 Å². The Morgan fingerprint density at radius 3 is 3.23 bits per heavy atom. The average Bonchev–Trinajstić information content (AvgIpc) is 2.62. The Bertz CT molecular complexity index is 397. The molecule has 0 fully saturated rings. The highest BCUT2D eigenvalue weighted by atomic mass is 16.6. The Balaban J connectivity index is 2.37. The van der Waals surface area contributed by atoms with Gasteiger partial charge >= 0.3 is 0 Å². The van der Waals surface area contributed by atoms with Gasteiger partial charge in [-0.2, -0.15) is 0 Å². The second-order valence-electron chi connectivity index (χ2n) is 2.74. The maximum atomic E-state index is 5.24. The number of para-hydroxylation sites is 1. The molecule has 0 bridgehead atoms. The normalized spacial score (nSPS) is 10.8. The van der Waals surface area contributed by atoms with E-state index in [1.54, 1.807) is 0 Å². The van der Waals surface area contributed by atoms with Crippen molar-refractivity contribution < 1.29 is 9.25 Å². The first kappa shape index (κ1) is 8.22. The summed E-state index contributed by atoms with van der Waals surface area (Å²) in [6.07, 6.45) is 2.18. The number of hydrogen-bond donors (Lipinski definition) is 1. The molecule has 13 heavy (non-hydrogen) atoms. The number of nitrogens with two attached hydrogens (primary N) is 1. The maximum absolute atomic E-state index is 5.24. The van der Waals surface area contributed by atoms with Crippen LogP contribution < -0.4 is 5.90 Å². The van der Waals surface area contributed by atoms with Crippen molar-refractivity contribution in [1.82, 2.24) is 4.98 Å². The van der Waals surface area contributed by atoms with Crippen LogP contribution in [0.25, 0.3) is 11.1 Å². The van der Waals surface area contributed by atoms with Gasteiger partial charge < -0.3 is 9.25 Å². The Morgan fingerprint density at radius 2 is 2.38 bits per heavy atom. The third-order valence-electron chi connectivity index (χ3n) is 1.93. The lowest BCUT2D eigenvalue weighted by molar-refractivity contribution is 0.141. The SMILES string of the molecule is NOCCc1cccc2ncoc12. The molecule has 1 aromatic carbocycles. The van der Waals surface area contributed by atoms with E-state index in [0.717, 1.165) is 23.1 Å². The number of oxazole rings is 1. The van der Waals surface area contributed by atoms with Crippen molar-refractivity contribution in [2.75, 3.05) is 6.61 Å². The number of nitrogens with zero attached hydrogens (tertiary/aromatic N) is 1. The zero-order chi connectivity index (χ0) is 9.10. The van der Waals surface area contributed by atoms with Crippen LogP contribution in [0.5, 0.6) is 0 Å². The van der Waals surface area contributed by atoms with Crippen molar-refractivity contribution in [3.8, 4) is 0 Å². The van der Waals surface area contributed by atoms with E-state index in [1.807, 2.05) is 18.2 Å². The van der Waals surface area contributed by atoms with E-state index < -0.39 is 0 Å². The number of hydrogen-bond acceptors (Lipinski definition) is 4. The van der Waals surface area contributed by atoms with E-state index >= 15 is 0 Å². The molecule has 0 aliphatic rings. The fourth-order valence-corrected chi connectivity index (χ4v) is 1.31. The van der Waals surface area contributed by atoms with Crippen LogP contribution in [0.2, 0.25) is 0 Å². The van der Waals surface area contributed by atoms with Crippen LogP contribution in [-0.4, -0.2) is 11.6 Å². The first-order valence-electron chi connectivity index (χ1n) is 4.04. The molecule has 0 spiro atoms. The number of rotatable bonds is 3. The molecule has 0 saturated heterocycles. The summed E-state index contributed by atoms with van der Waals surface area (Å²) in [5, 5.41) is 0. The first-order valence-corrected chi connectivity index (χ1v) is 4.04. The van der Waals surface area contributed by atoms with Crippen LogP contribution in [0.15, 0.2) is 29.0 Å². The summed E-state index contributed by atoms with van der Waals surface area (Å²) in [7, 11) is 0. The third kappa shape index (κ3) is 1.54. The lowest BCUT2D eigenvalue weighted by atomic mass is 10.1. The third-order valence-corrected chi connectivity index (χ3v) is 1.93. The molecule has 2 aromatic rings. The minimum Gasteiger partial charge on any atom is -0.443 e. The molecule has 4 heteroatoms. The van der Waals surface area contributed by atoms with E-state index in [0.29, 0.717) is 6.61 Å². The quantitative estimate of drug-likeness (QED) is 0.719. The van der Waals surface area contributed by atoms with Gasteiger partial charge in [0.25, 0.3) is 0 Å². The average molecular weight is 178 g/mol. The van der Waals surface area contributed by atoms with Gasteiger partial charge in [0.1, 0.15) is 5.52 Å². The van der Waals surface area contributed by atoms with E-state index in [2.05, 4.69) is 9.82 Å². The summed E-state index contributed by atoms with van der Waals surface area (Å²) >= 11 is 0. The highest BCUT2D eigenvalue weighted by Gasteiger charge is 2.03. The Hall–Kier alpha value is -1.39. The lowest BCUT2D eigenvalue weighted by Crippen LogP contribution is -2.03. The largest absolute Gasteiger partial charge is 0.443 e. The van der Waals surface area contributed by atoms with Crippen molar-refractivity contribution in [2.24, 2.45) is 5.90 Å². The van der Waals surface area contributed by atoms with E-state index in [9.17, 15) is 0 Å². The summed E-state index contributed by atoms with van der Waals surface area (Å²) in [5.74, 6) is 4.95. The zero-order valence-electron chi connectivity index (χ0n) is 7.06. The summed E-state index contributed by atoms with van der Waals surface area (Å²) < 4.78 is 5.24. The predicted molar refractivity (Wildman–Crippen MR) is 47.9 cm³/mol. The molecule has 2 rings (SSSR count). The highest BCUT2D eigenvalue weighted by Crippen LogP contribution is 2.17. The van der Waals surface area contributed by atoms with Gasteiger partial charge in [-0.05, 0) is 11.6 Å².